The number of hydrogen-bond acceptors (Lipinski definition) is 5. The van der Waals surface area contributed by atoms with Gasteiger partial charge in [-0.2, -0.15) is 0 Å². The highest BCUT2D eigenvalue weighted by molar-refractivity contribution is 5.65. The zero-order chi connectivity index (χ0) is 13.2. The molecule has 0 bridgehead atoms. The second-order valence-electron chi connectivity index (χ2n) is 4.32. The van der Waals surface area contributed by atoms with E-state index in [4.69, 9.17) is 5.73 Å². The SMILES string of the molecule is CC(Nc1nc(N)cn2ccnc12)c1cccnc1. The number of anilines is 2. The Morgan fingerprint density at radius 2 is 2.26 bits per heavy atom. The van der Waals surface area contributed by atoms with Gasteiger partial charge in [0.05, 0.1) is 12.2 Å². The average Bonchev–Trinajstić information content (AvgIpc) is 2.88. The topological polar surface area (TPSA) is 81.1 Å². The van der Waals surface area contributed by atoms with Crippen LogP contribution in [0, 0.1) is 0 Å². The summed E-state index contributed by atoms with van der Waals surface area (Å²) in [5.74, 6) is 1.12. The van der Waals surface area contributed by atoms with Crippen LogP contribution in [0.15, 0.2) is 43.1 Å². The van der Waals surface area contributed by atoms with Crippen LogP contribution in [-0.4, -0.2) is 19.4 Å². The number of rotatable bonds is 3. The molecule has 0 amide bonds. The number of aromatic nitrogens is 4. The van der Waals surface area contributed by atoms with Crippen LogP contribution in [0.5, 0.6) is 0 Å². The molecule has 3 aromatic rings. The molecule has 6 heteroatoms. The third kappa shape index (κ3) is 2.20. The van der Waals surface area contributed by atoms with Gasteiger partial charge in [0.25, 0.3) is 0 Å². The predicted molar refractivity (Wildman–Crippen MR) is 73.7 cm³/mol. The Labute approximate surface area is 110 Å². The molecule has 1 unspecified atom stereocenters. The lowest BCUT2D eigenvalue weighted by molar-refractivity contribution is 0.865. The first-order chi connectivity index (χ1) is 9.24. The molecule has 0 aliphatic rings. The number of hydrogen-bond donors (Lipinski definition) is 2. The summed E-state index contributed by atoms with van der Waals surface area (Å²) in [6.07, 6.45) is 8.88. The quantitative estimate of drug-likeness (QED) is 0.745. The van der Waals surface area contributed by atoms with Gasteiger partial charge >= 0.3 is 0 Å². The van der Waals surface area contributed by atoms with Crippen molar-refractivity contribution in [3.05, 3.63) is 48.7 Å². The molecule has 96 valence electrons. The lowest BCUT2D eigenvalue weighted by Gasteiger charge is -2.15. The first-order valence-corrected chi connectivity index (χ1v) is 5.99. The van der Waals surface area contributed by atoms with Gasteiger partial charge in [0.2, 0.25) is 0 Å². The van der Waals surface area contributed by atoms with Crippen LogP contribution in [-0.2, 0) is 0 Å². The standard InChI is InChI=1S/C13H14N6/c1-9(10-3-2-4-15-7-10)17-12-13-16-5-6-19(13)8-11(14)18-12/h2-9H,14H2,1H3,(H,17,18). The smallest absolute Gasteiger partial charge is 0.180 e. The Kier molecular flexibility index (Phi) is 2.75. The van der Waals surface area contributed by atoms with Crippen molar-refractivity contribution in [3.63, 3.8) is 0 Å². The summed E-state index contributed by atoms with van der Waals surface area (Å²) in [6.45, 7) is 2.04. The summed E-state index contributed by atoms with van der Waals surface area (Å²) >= 11 is 0. The second kappa shape index (κ2) is 4.56. The third-order valence-electron chi connectivity index (χ3n) is 2.93. The lowest BCUT2D eigenvalue weighted by atomic mass is 10.1. The molecule has 1 atom stereocenters. The molecular formula is C13H14N6. The Morgan fingerprint density at radius 1 is 1.37 bits per heavy atom. The fourth-order valence-electron chi connectivity index (χ4n) is 1.97. The summed E-state index contributed by atoms with van der Waals surface area (Å²) in [4.78, 5) is 12.7. The molecule has 0 saturated heterocycles. The third-order valence-corrected chi connectivity index (χ3v) is 2.93. The largest absolute Gasteiger partial charge is 0.382 e. The van der Waals surface area contributed by atoms with Gasteiger partial charge in [-0.25, -0.2) is 9.97 Å². The van der Waals surface area contributed by atoms with Crippen LogP contribution in [0.2, 0.25) is 0 Å². The minimum Gasteiger partial charge on any atom is -0.382 e. The molecule has 0 aliphatic heterocycles. The summed E-state index contributed by atoms with van der Waals surface area (Å²) in [5.41, 5.74) is 7.62. The average molecular weight is 254 g/mol. The molecule has 3 heterocycles. The highest BCUT2D eigenvalue weighted by atomic mass is 15.1. The van der Waals surface area contributed by atoms with E-state index in [9.17, 15) is 0 Å². The van der Waals surface area contributed by atoms with Crippen molar-refractivity contribution in [1.29, 1.82) is 0 Å². The number of nitrogen functional groups attached to an aromatic ring is 1. The zero-order valence-electron chi connectivity index (χ0n) is 10.5. The Hall–Kier alpha value is -2.63. The van der Waals surface area contributed by atoms with E-state index in [2.05, 4.69) is 20.3 Å². The normalized spacial score (nSPS) is 12.5. The number of nitrogens with zero attached hydrogens (tertiary/aromatic N) is 4. The van der Waals surface area contributed by atoms with E-state index in [1.165, 1.54) is 0 Å². The minimum absolute atomic E-state index is 0.0727. The fraction of sp³-hybridized carbons (Fsp3) is 0.154. The van der Waals surface area contributed by atoms with Gasteiger partial charge in [-0.1, -0.05) is 6.07 Å². The molecule has 0 aromatic carbocycles. The van der Waals surface area contributed by atoms with Crippen molar-refractivity contribution in [2.45, 2.75) is 13.0 Å². The molecular weight excluding hydrogens is 240 g/mol. The highest BCUT2D eigenvalue weighted by Gasteiger charge is 2.10. The van der Waals surface area contributed by atoms with Gasteiger partial charge in [-0.3, -0.25) is 4.98 Å². The van der Waals surface area contributed by atoms with Gasteiger partial charge in [0.1, 0.15) is 5.82 Å². The van der Waals surface area contributed by atoms with E-state index in [0.29, 0.717) is 11.6 Å². The Bertz CT molecular complexity index is 691. The van der Waals surface area contributed by atoms with Crippen molar-refractivity contribution in [2.24, 2.45) is 0 Å². The number of nitrogens with one attached hydrogen (secondary N) is 1. The molecule has 3 N–H and O–H groups in total. The van der Waals surface area contributed by atoms with Gasteiger partial charge in [-0.15, -0.1) is 0 Å². The first-order valence-electron chi connectivity index (χ1n) is 5.99. The maximum atomic E-state index is 5.79. The monoisotopic (exact) mass is 254 g/mol. The van der Waals surface area contributed by atoms with E-state index < -0.39 is 0 Å². The predicted octanol–water partition coefficient (Wildman–Crippen LogP) is 1.88. The van der Waals surface area contributed by atoms with Crippen LogP contribution < -0.4 is 11.1 Å². The van der Waals surface area contributed by atoms with Crippen molar-refractivity contribution < 1.29 is 0 Å². The van der Waals surface area contributed by atoms with Gasteiger partial charge in [0.15, 0.2) is 11.5 Å². The molecule has 6 nitrogen and oxygen atoms in total. The van der Waals surface area contributed by atoms with E-state index in [-0.39, 0.29) is 6.04 Å². The summed E-state index contributed by atoms with van der Waals surface area (Å²) in [6, 6.07) is 3.99. The molecule has 0 radical (unpaired) electrons. The summed E-state index contributed by atoms with van der Waals surface area (Å²) in [5, 5.41) is 3.31. The van der Waals surface area contributed by atoms with Crippen LogP contribution in [0.4, 0.5) is 11.6 Å². The van der Waals surface area contributed by atoms with E-state index >= 15 is 0 Å². The van der Waals surface area contributed by atoms with Crippen LogP contribution >= 0.6 is 0 Å². The summed E-state index contributed by atoms with van der Waals surface area (Å²) < 4.78 is 1.85. The Balaban J connectivity index is 1.95. The molecule has 19 heavy (non-hydrogen) atoms. The molecule has 0 aliphatic carbocycles. The zero-order valence-corrected chi connectivity index (χ0v) is 10.5. The van der Waals surface area contributed by atoms with Crippen LogP contribution in [0.25, 0.3) is 5.65 Å². The van der Waals surface area contributed by atoms with Crippen molar-refractivity contribution in [2.75, 3.05) is 11.1 Å². The fourth-order valence-corrected chi connectivity index (χ4v) is 1.97. The van der Waals surface area contributed by atoms with Gasteiger partial charge in [-0.05, 0) is 18.6 Å². The minimum atomic E-state index is 0.0727. The highest BCUT2D eigenvalue weighted by Crippen LogP contribution is 2.21. The van der Waals surface area contributed by atoms with E-state index in [1.807, 2.05) is 35.9 Å². The maximum absolute atomic E-state index is 5.79. The van der Waals surface area contributed by atoms with Crippen molar-refractivity contribution in [1.82, 2.24) is 19.4 Å². The molecule has 0 fully saturated rings. The van der Waals surface area contributed by atoms with E-state index in [1.54, 1.807) is 18.6 Å². The number of nitrogens with two attached hydrogens (primary N) is 1. The summed E-state index contributed by atoms with van der Waals surface area (Å²) in [7, 11) is 0. The first kappa shape index (κ1) is 11.5. The van der Waals surface area contributed by atoms with Crippen molar-refractivity contribution in [3.8, 4) is 0 Å². The molecule has 0 spiro atoms. The number of fused-ring (bicyclic) bond motifs is 1. The Morgan fingerprint density at radius 3 is 3.05 bits per heavy atom. The maximum Gasteiger partial charge on any atom is 0.180 e. The molecule has 0 saturated carbocycles. The van der Waals surface area contributed by atoms with Crippen LogP contribution in [0.3, 0.4) is 0 Å². The number of imidazole rings is 1. The number of pyridine rings is 1. The van der Waals surface area contributed by atoms with Crippen molar-refractivity contribution >= 4 is 17.3 Å². The van der Waals surface area contributed by atoms with Gasteiger partial charge < -0.3 is 15.5 Å². The lowest BCUT2D eigenvalue weighted by Crippen LogP contribution is -2.10. The van der Waals surface area contributed by atoms with Crippen LogP contribution in [0.1, 0.15) is 18.5 Å². The second-order valence-corrected chi connectivity index (χ2v) is 4.32. The molecule has 3 rings (SSSR count). The van der Waals surface area contributed by atoms with E-state index in [0.717, 1.165) is 11.2 Å². The molecule has 3 aromatic heterocycles. The van der Waals surface area contributed by atoms with Gasteiger partial charge in [0, 0.05) is 24.8 Å².